The molecule has 0 unspecified atom stereocenters. The number of carbonyl (C=O) groups is 1. The number of fused-ring (bicyclic) bond motifs is 1. The zero-order chi connectivity index (χ0) is 11.9. The van der Waals surface area contributed by atoms with Gasteiger partial charge in [0.15, 0.2) is 0 Å². The van der Waals surface area contributed by atoms with Crippen LogP contribution in [-0.2, 0) is 16.1 Å². The predicted molar refractivity (Wildman–Crippen MR) is 63.0 cm³/mol. The first-order valence-corrected chi connectivity index (χ1v) is 5.92. The highest BCUT2D eigenvalue weighted by Crippen LogP contribution is 2.54. The summed E-state index contributed by atoms with van der Waals surface area (Å²) in [5, 5.41) is 3.19. The number of hydrogen-bond acceptors (Lipinski definition) is 4. The van der Waals surface area contributed by atoms with Gasteiger partial charge in [0.2, 0.25) is 0 Å². The molecule has 0 bridgehead atoms. The van der Waals surface area contributed by atoms with Gasteiger partial charge in [0.25, 0.3) is 0 Å². The Balaban J connectivity index is 1.62. The molecule has 2 fully saturated rings. The fraction of sp³-hybridized carbons (Fsp3) is 0.462. The zero-order valence-corrected chi connectivity index (χ0v) is 9.56. The van der Waals surface area contributed by atoms with Crippen LogP contribution >= 0.6 is 0 Å². The molecular formula is C13H16N2O2. The first-order chi connectivity index (χ1) is 8.25. The molecule has 1 saturated heterocycles. The van der Waals surface area contributed by atoms with Crippen LogP contribution in [0.2, 0.25) is 0 Å². The molecule has 3 N–H and O–H groups in total. The molecule has 0 radical (unpaired) electrons. The number of ether oxygens (including phenoxy) is 1. The third kappa shape index (κ3) is 1.56. The molecule has 0 aromatic heterocycles. The molecule has 1 saturated carbocycles. The molecule has 1 aliphatic heterocycles. The highest BCUT2D eigenvalue weighted by molar-refractivity contribution is 5.83. The summed E-state index contributed by atoms with van der Waals surface area (Å²) in [6.07, 6.45) is 0. The van der Waals surface area contributed by atoms with E-state index in [1.54, 1.807) is 0 Å². The lowest BCUT2D eigenvalue weighted by atomic mass is 10.1. The molecule has 0 spiro atoms. The van der Waals surface area contributed by atoms with Crippen molar-refractivity contribution < 1.29 is 9.53 Å². The first kappa shape index (κ1) is 10.7. The summed E-state index contributed by atoms with van der Waals surface area (Å²) < 4.78 is 5.37. The molecule has 2 aliphatic rings. The average Bonchev–Trinajstić information content (AvgIpc) is 2.78. The predicted octanol–water partition coefficient (Wildman–Crippen LogP) is 0.277. The van der Waals surface area contributed by atoms with Gasteiger partial charge in [0.1, 0.15) is 12.0 Å². The Morgan fingerprint density at radius 1 is 1.47 bits per heavy atom. The van der Waals surface area contributed by atoms with Gasteiger partial charge in [0, 0.05) is 25.0 Å². The molecule has 3 rings (SSSR count). The van der Waals surface area contributed by atoms with Crippen molar-refractivity contribution in [3.05, 3.63) is 35.9 Å². The van der Waals surface area contributed by atoms with E-state index in [4.69, 9.17) is 10.5 Å². The molecule has 4 nitrogen and oxygen atoms in total. The van der Waals surface area contributed by atoms with Gasteiger partial charge >= 0.3 is 5.97 Å². The number of carbonyl (C=O) groups excluding carboxylic acids is 1. The van der Waals surface area contributed by atoms with Crippen LogP contribution in [0.15, 0.2) is 30.3 Å². The maximum absolute atomic E-state index is 12.1. The summed E-state index contributed by atoms with van der Waals surface area (Å²) in [6.45, 7) is 1.83. The molecule has 17 heavy (non-hydrogen) atoms. The van der Waals surface area contributed by atoms with E-state index in [0.717, 1.165) is 12.1 Å². The molecule has 1 heterocycles. The summed E-state index contributed by atoms with van der Waals surface area (Å²) in [6, 6.07) is 9.68. The Hall–Kier alpha value is -1.39. The Morgan fingerprint density at radius 3 is 2.88 bits per heavy atom. The third-order valence-electron chi connectivity index (χ3n) is 3.96. The maximum Gasteiger partial charge on any atom is 0.315 e. The molecule has 0 amide bonds. The van der Waals surface area contributed by atoms with Crippen molar-refractivity contribution in [1.29, 1.82) is 0 Å². The second-order valence-corrected chi connectivity index (χ2v) is 4.87. The van der Waals surface area contributed by atoms with Gasteiger partial charge in [-0.05, 0) is 5.56 Å². The van der Waals surface area contributed by atoms with E-state index in [2.05, 4.69) is 5.32 Å². The zero-order valence-electron chi connectivity index (χ0n) is 9.56. The highest BCUT2D eigenvalue weighted by Gasteiger charge is 2.71. The second-order valence-electron chi connectivity index (χ2n) is 4.87. The number of nitrogens with one attached hydrogen (secondary N) is 1. The van der Waals surface area contributed by atoms with Gasteiger partial charge in [-0.3, -0.25) is 4.79 Å². The Kier molecular flexibility index (Phi) is 2.42. The lowest BCUT2D eigenvalue weighted by molar-refractivity contribution is -0.151. The number of esters is 1. The van der Waals surface area contributed by atoms with E-state index >= 15 is 0 Å². The van der Waals surface area contributed by atoms with Crippen LogP contribution in [0.5, 0.6) is 0 Å². The molecule has 3 atom stereocenters. The van der Waals surface area contributed by atoms with Crippen LogP contribution in [0.1, 0.15) is 5.56 Å². The van der Waals surface area contributed by atoms with E-state index in [9.17, 15) is 4.79 Å². The average molecular weight is 232 g/mol. The molecular weight excluding hydrogens is 216 g/mol. The number of rotatable bonds is 3. The smallest absolute Gasteiger partial charge is 0.315 e. The highest BCUT2D eigenvalue weighted by atomic mass is 16.5. The van der Waals surface area contributed by atoms with Crippen LogP contribution < -0.4 is 11.1 Å². The normalized spacial score (nSPS) is 34.2. The molecule has 1 aromatic carbocycles. The van der Waals surface area contributed by atoms with Crippen LogP contribution in [-0.4, -0.2) is 25.1 Å². The number of hydrogen-bond donors (Lipinski definition) is 2. The van der Waals surface area contributed by atoms with Gasteiger partial charge in [-0.15, -0.1) is 0 Å². The van der Waals surface area contributed by atoms with Crippen LogP contribution in [0.3, 0.4) is 0 Å². The minimum absolute atomic E-state index is 0.0213. The van der Waals surface area contributed by atoms with Crippen LogP contribution in [0, 0.1) is 11.3 Å². The van der Waals surface area contributed by atoms with Gasteiger partial charge in [-0.25, -0.2) is 0 Å². The monoisotopic (exact) mass is 232 g/mol. The summed E-state index contributed by atoms with van der Waals surface area (Å²) in [4.78, 5) is 12.1. The lowest BCUT2D eigenvalue weighted by Gasteiger charge is -2.12. The van der Waals surface area contributed by atoms with Crippen molar-refractivity contribution in [1.82, 2.24) is 5.32 Å². The van der Waals surface area contributed by atoms with Crippen molar-refractivity contribution in [3.8, 4) is 0 Å². The number of benzene rings is 1. The van der Waals surface area contributed by atoms with Crippen molar-refractivity contribution in [2.75, 3.05) is 13.1 Å². The van der Waals surface area contributed by atoms with E-state index in [0.29, 0.717) is 13.2 Å². The van der Waals surface area contributed by atoms with Crippen molar-refractivity contribution in [3.63, 3.8) is 0 Å². The topological polar surface area (TPSA) is 64.3 Å². The van der Waals surface area contributed by atoms with Gasteiger partial charge in [-0.1, -0.05) is 30.3 Å². The lowest BCUT2D eigenvalue weighted by Crippen LogP contribution is -2.33. The number of piperidine rings is 1. The van der Waals surface area contributed by atoms with E-state index in [-0.39, 0.29) is 17.9 Å². The molecule has 1 aromatic rings. The van der Waals surface area contributed by atoms with Crippen molar-refractivity contribution in [2.24, 2.45) is 17.1 Å². The summed E-state index contributed by atoms with van der Waals surface area (Å²) in [5.41, 5.74) is 6.51. The molecule has 90 valence electrons. The van der Waals surface area contributed by atoms with Gasteiger partial charge in [0.05, 0.1) is 0 Å². The van der Waals surface area contributed by atoms with Gasteiger partial charge in [-0.2, -0.15) is 0 Å². The Labute approximate surface area is 100 Å². The summed E-state index contributed by atoms with van der Waals surface area (Å²) in [5.74, 6) is 0.120. The standard InChI is InChI=1S/C13H16N2O2/c14-11-10-6-15-8-13(10,11)12(16)17-7-9-4-2-1-3-5-9/h1-5,10-11,15H,6-8,14H2/t10-,11-,13+/m0/s1. The minimum atomic E-state index is -0.436. The quantitative estimate of drug-likeness (QED) is 0.735. The first-order valence-electron chi connectivity index (χ1n) is 5.92. The SMILES string of the molecule is N[C@H]1[C@@H]2CNC[C@]12C(=O)OCc1ccccc1. The van der Waals surface area contributed by atoms with Crippen LogP contribution in [0.4, 0.5) is 0 Å². The van der Waals surface area contributed by atoms with E-state index < -0.39 is 5.41 Å². The largest absolute Gasteiger partial charge is 0.460 e. The van der Waals surface area contributed by atoms with Crippen LogP contribution in [0.25, 0.3) is 0 Å². The summed E-state index contributed by atoms with van der Waals surface area (Å²) >= 11 is 0. The second kappa shape index (κ2) is 3.82. The van der Waals surface area contributed by atoms with Crippen molar-refractivity contribution in [2.45, 2.75) is 12.6 Å². The minimum Gasteiger partial charge on any atom is -0.460 e. The summed E-state index contributed by atoms with van der Waals surface area (Å²) in [7, 11) is 0. The van der Waals surface area contributed by atoms with E-state index in [1.165, 1.54) is 0 Å². The third-order valence-corrected chi connectivity index (χ3v) is 3.96. The number of nitrogens with two attached hydrogens (primary N) is 1. The fourth-order valence-corrected chi connectivity index (χ4v) is 2.76. The van der Waals surface area contributed by atoms with Crippen molar-refractivity contribution >= 4 is 5.97 Å². The van der Waals surface area contributed by atoms with Gasteiger partial charge < -0.3 is 15.8 Å². The Bertz CT molecular complexity index is 434. The fourth-order valence-electron chi connectivity index (χ4n) is 2.76. The molecule has 1 aliphatic carbocycles. The van der Waals surface area contributed by atoms with E-state index in [1.807, 2.05) is 30.3 Å². The Morgan fingerprint density at radius 2 is 2.24 bits per heavy atom. The molecule has 4 heteroatoms. The maximum atomic E-state index is 12.1.